The summed E-state index contributed by atoms with van der Waals surface area (Å²) in [5, 5.41) is 3.83. The molecule has 0 amide bonds. The fourth-order valence-electron chi connectivity index (χ4n) is 2.30. The van der Waals surface area contributed by atoms with E-state index in [1.54, 1.807) is 0 Å². The van der Waals surface area contributed by atoms with Gasteiger partial charge in [-0.3, -0.25) is 9.40 Å². The van der Waals surface area contributed by atoms with Crippen LogP contribution in [-0.4, -0.2) is 18.2 Å². The molecule has 0 fully saturated rings. The molecule has 3 aromatic rings. The SMILES string of the molecule is O=S(=O)(Nc1ccn(Cc2c(F)c(F)cc(F)c2F)n1)c1cc(Cl)ccc1Cl. The maximum absolute atomic E-state index is 13.7. The van der Waals surface area contributed by atoms with E-state index in [1.807, 2.05) is 0 Å². The van der Waals surface area contributed by atoms with E-state index in [9.17, 15) is 26.0 Å². The highest BCUT2D eigenvalue weighted by molar-refractivity contribution is 7.92. The quantitative estimate of drug-likeness (QED) is 0.453. The average molecular weight is 454 g/mol. The van der Waals surface area contributed by atoms with E-state index in [2.05, 4.69) is 9.82 Å². The molecule has 148 valence electrons. The van der Waals surface area contributed by atoms with Crippen LogP contribution in [0.4, 0.5) is 23.4 Å². The zero-order chi connectivity index (χ0) is 20.6. The van der Waals surface area contributed by atoms with Gasteiger partial charge in [0.25, 0.3) is 10.0 Å². The van der Waals surface area contributed by atoms with Crippen LogP contribution < -0.4 is 4.72 Å². The summed E-state index contributed by atoms with van der Waals surface area (Å²) in [5.41, 5.74) is -0.895. The first-order chi connectivity index (χ1) is 13.1. The van der Waals surface area contributed by atoms with Crippen molar-refractivity contribution in [2.45, 2.75) is 11.4 Å². The molecule has 0 bridgehead atoms. The molecule has 0 spiro atoms. The Labute approximate surface area is 166 Å². The Morgan fingerprint density at radius 3 is 2.29 bits per heavy atom. The van der Waals surface area contributed by atoms with Crippen molar-refractivity contribution in [2.75, 3.05) is 4.72 Å². The lowest BCUT2D eigenvalue weighted by molar-refractivity contribution is 0.431. The third-order valence-electron chi connectivity index (χ3n) is 3.59. The van der Waals surface area contributed by atoms with Gasteiger partial charge in [-0.05, 0) is 18.2 Å². The van der Waals surface area contributed by atoms with Crippen molar-refractivity contribution < 1.29 is 26.0 Å². The minimum absolute atomic E-state index is 0.0873. The average Bonchev–Trinajstić information content (AvgIpc) is 3.05. The first kappa shape index (κ1) is 20.4. The number of hydrogen-bond donors (Lipinski definition) is 1. The normalized spacial score (nSPS) is 11.6. The first-order valence-corrected chi connectivity index (χ1v) is 9.65. The maximum atomic E-state index is 13.7. The molecular formula is C16H9Cl2F4N3O2S. The van der Waals surface area contributed by atoms with Crippen LogP contribution in [0.3, 0.4) is 0 Å². The van der Waals surface area contributed by atoms with Crippen LogP contribution in [0.1, 0.15) is 5.56 Å². The summed E-state index contributed by atoms with van der Waals surface area (Å²) in [6.07, 6.45) is 1.17. The van der Waals surface area contributed by atoms with Crippen molar-refractivity contribution in [1.82, 2.24) is 9.78 Å². The Morgan fingerprint density at radius 1 is 1.00 bits per heavy atom. The van der Waals surface area contributed by atoms with Gasteiger partial charge in [0, 0.05) is 23.4 Å². The van der Waals surface area contributed by atoms with E-state index in [0.717, 1.165) is 10.7 Å². The van der Waals surface area contributed by atoms with E-state index >= 15 is 0 Å². The molecule has 1 aromatic heterocycles. The van der Waals surface area contributed by atoms with E-state index in [1.165, 1.54) is 24.4 Å². The van der Waals surface area contributed by atoms with Gasteiger partial charge in [-0.1, -0.05) is 23.2 Å². The summed E-state index contributed by atoms with van der Waals surface area (Å²) >= 11 is 11.6. The predicted molar refractivity (Wildman–Crippen MR) is 94.9 cm³/mol. The van der Waals surface area contributed by atoms with Crippen LogP contribution in [0.5, 0.6) is 0 Å². The summed E-state index contributed by atoms with van der Waals surface area (Å²) in [4.78, 5) is -0.305. The number of hydrogen-bond acceptors (Lipinski definition) is 3. The molecule has 28 heavy (non-hydrogen) atoms. The summed E-state index contributed by atoms with van der Waals surface area (Å²) in [6, 6.07) is 5.09. The van der Waals surface area contributed by atoms with Gasteiger partial charge in [-0.2, -0.15) is 5.10 Å². The van der Waals surface area contributed by atoms with Gasteiger partial charge in [-0.15, -0.1) is 0 Å². The molecule has 0 aliphatic heterocycles. The molecule has 2 aromatic carbocycles. The number of sulfonamides is 1. The van der Waals surface area contributed by atoms with Gasteiger partial charge in [0.1, 0.15) is 4.90 Å². The van der Waals surface area contributed by atoms with E-state index < -0.39 is 45.4 Å². The van der Waals surface area contributed by atoms with Crippen LogP contribution in [-0.2, 0) is 16.6 Å². The van der Waals surface area contributed by atoms with Gasteiger partial charge in [0.2, 0.25) is 0 Å². The molecule has 1 N–H and O–H groups in total. The lowest BCUT2D eigenvalue weighted by atomic mass is 10.2. The van der Waals surface area contributed by atoms with E-state index in [4.69, 9.17) is 23.2 Å². The lowest BCUT2D eigenvalue weighted by Gasteiger charge is -2.08. The number of halogens is 6. The zero-order valence-electron chi connectivity index (χ0n) is 13.6. The van der Waals surface area contributed by atoms with Crippen molar-refractivity contribution >= 4 is 39.0 Å². The summed E-state index contributed by atoms with van der Waals surface area (Å²) in [6.45, 7) is -0.675. The third-order valence-corrected chi connectivity index (χ3v) is 5.66. The molecular weight excluding hydrogens is 445 g/mol. The van der Waals surface area contributed by atoms with Gasteiger partial charge in [0.05, 0.1) is 17.1 Å². The van der Waals surface area contributed by atoms with Gasteiger partial charge in [0.15, 0.2) is 29.1 Å². The second kappa shape index (κ2) is 7.61. The third kappa shape index (κ3) is 4.08. The zero-order valence-corrected chi connectivity index (χ0v) is 15.9. The van der Waals surface area contributed by atoms with E-state index in [-0.39, 0.29) is 26.8 Å². The second-order valence-corrected chi connectivity index (χ2v) is 8.02. The smallest absolute Gasteiger partial charge is 0.264 e. The highest BCUT2D eigenvalue weighted by Gasteiger charge is 2.22. The Morgan fingerprint density at radius 2 is 1.64 bits per heavy atom. The fourth-order valence-corrected chi connectivity index (χ4v) is 4.06. The van der Waals surface area contributed by atoms with Crippen molar-refractivity contribution in [3.8, 4) is 0 Å². The Balaban J connectivity index is 1.87. The minimum Gasteiger partial charge on any atom is -0.266 e. The molecule has 12 heteroatoms. The molecule has 0 unspecified atom stereocenters. The Hall–Kier alpha value is -2.30. The van der Waals surface area contributed by atoms with Crippen LogP contribution in [0, 0.1) is 23.3 Å². The number of nitrogens with one attached hydrogen (secondary N) is 1. The number of rotatable bonds is 5. The molecule has 0 aliphatic carbocycles. The van der Waals surface area contributed by atoms with Gasteiger partial charge < -0.3 is 0 Å². The molecule has 0 saturated heterocycles. The summed E-state index contributed by atoms with van der Waals surface area (Å²) in [5.74, 6) is -6.46. The van der Waals surface area contributed by atoms with Crippen LogP contribution >= 0.6 is 23.2 Å². The topological polar surface area (TPSA) is 64.0 Å². The molecule has 0 radical (unpaired) electrons. The van der Waals surface area contributed by atoms with Gasteiger partial charge in [-0.25, -0.2) is 26.0 Å². The fraction of sp³-hybridized carbons (Fsp3) is 0.0625. The molecule has 1 heterocycles. The molecule has 3 rings (SSSR count). The minimum atomic E-state index is -4.17. The first-order valence-electron chi connectivity index (χ1n) is 7.41. The summed E-state index contributed by atoms with van der Waals surface area (Å²) in [7, 11) is -4.17. The molecule has 5 nitrogen and oxygen atoms in total. The van der Waals surface area contributed by atoms with Crippen molar-refractivity contribution in [2.24, 2.45) is 0 Å². The van der Waals surface area contributed by atoms with E-state index in [0.29, 0.717) is 0 Å². The Kier molecular flexibility index (Phi) is 5.55. The second-order valence-electron chi connectivity index (χ2n) is 5.53. The lowest BCUT2D eigenvalue weighted by Crippen LogP contribution is -2.15. The number of aromatic nitrogens is 2. The molecule has 0 saturated carbocycles. The molecule has 0 atom stereocenters. The predicted octanol–water partition coefficient (Wildman–Crippen LogP) is 4.60. The van der Waals surface area contributed by atoms with Crippen molar-refractivity contribution in [1.29, 1.82) is 0 Å². The highest BCUT2D eigenvalue weighted by Crippen LogP contribution is 2.26. The number of nitrogens with zero attached hydrogens (tertiary/aromatic N) is 2. The van der Waals surface area contributed by atoms with Crippen molar-refractivity contribution in [3.63, 3.8) is 0 Å². The van der Waals surface area contributed by atoms with Crippen LogP contribution in [0.25, 0.3) is 0 Å². The maximum Gasteiger partial charge on any atom is 0.264 e. The number of benzene rings is 2. The Bertz CT molecular complexity index is 1140. The highest BCUT2D eigenvalue weighted by atomic mass is 35.5. The van der Waals surface area contributed by atoms with Crippen LogP contribution in [0.2, 0.25) is 10.0 Å². The van der Waals surface area contributed by atoms with Crippen molar-refractivity contribution in [3.05, 3.63) is 75.4 Å². The van der Waals surface area contributed by atoms with Crippen LogP contribution in [0.15, 0.2) is 41.4 Å². The number of anilines is 1. The molecule has 0 aliphatic rings. The summed E-state index contributed by atoms with van der Waals surface area (Å²) < 4.78 is 81.9. The standard InChI is InChI=1S/C16H9Cl2F4N3O2S/c17-8-1-2-10(18)13(5-8)28(26,27)24-14-3-4-25(23-14)7-9-15(21)11(19)6-12(20)16(9)22/h1-6H,7H2,(H,23,24). The van der Waals surface area contributed by atoms with Gasteiger partial charge >= 0.3 is 0 Å². The largest absolute Gasteiger partial charge is 0.266 e. The monoisotopic (exact) mass is 453 g/mol.